The molecule has 0 aliphatic carbocycles. The Kier molecular flexibility index (Phi) is 3.09. The fourth-order valence-corrected chi connectivity index (χ4v) is 3.01. The summed E-state index contributed by atoms with van der Waals surface area (Å²) in [4.78, 5) is 17.5. The number of amides is 1. The van der Waals surface area contributed by atoms with Crippen LogP contribution in [0.4, 0.5) is 0 Å². The predicted octanol–water partition coefficient (Wildman–Crippen LogP) is 0.854. The highest BCUT2D eigenvalue weighted by molar-refractivity contribution is 7.89. The van der Waals surface area contributed by atoms with Gasteiger partial charge in [-0.05, 0) is 25.1 Å². The zero-order chi connectivity index (χ0) is 14.4. The number of aromatic nitrogens is 2. The molecule has 1 aromatic heterocycles. The molecule has 0 saturated carbocycles. The monoisotopic (exact) mass is 281 g/mol. The summed E-state index contributed by atoms with van der Waals surface area (Å²) >= 11 is 0. The summed E-state index contributed by atoms with van der Waals surface area (Å²) in [6, 6.07) is 4.85. The highest BCUT2D eigenvalue weighted by atomic mass is 32.2. The van der Waals surface area contributed by atoms with Gasteiger partial charge in [0.1, 0.15) is 5.82 Å². The van der Waals surface area contributed by atoms with Crippen LogP contribution in [0.5, 0.6) is 0 Å². The van der Waals surface area contributed by atoms with Crippen LogP contribution in [0.2, 0.25) is 0 Å². The van der Waals surface area contributed by atoms with Gasteiger partial charge in [0.05, 0.1) is 17.3 Å². The maximum atomic E-state index is 11.9. The van der Waals surface area contributed by atoms with Gasteiger partial charge in [-0.25, -0.2) is 17.4 Å². The van der Waals surface area contributed by atoms with E-state index in [9.17, 15) is 13.2 Å². The van der Waals surface area contributed by atoms with Crippen molar-refractivity contribution in [3.05, 3.63) is 29.6 Å². The highest BCUT2D eigenvalue weighted by Gasteiger charge is 2.17. The molecule has 0 atom stereocenters. The Bertz CT molecular complexity index is 760. The molecule has 0 saturated heterocycles. The summed E-state index contributed by atoms with van der Waals surface area (Å²) in [5.41, 5.74) is 1.41. The van der Waals surface area contributed by atoms with E-state index >= 15 is 0 Å². The summed E-state index contributed by atoms with van der Waals surface area (Å²) in [6.07, 6.45) is 1.11. The molecule has 0 bridgehead atoms. The molecule has 0 N–H and O–H groups in total. The number of carbonyl (C=O) groups is 1. The predicted molar refractivity (Wildman–Crippen MR) is 72.7 cm³/mol. The first kappa shape index (κ1) is 13.5. The van der Waals surface area contributed by atoms with Gasteiger partial charge < -0.3 is 4.90 Å². The lowest BCUT2D eigenvalue weighted by Gasteiger charge is -2.10. The number of imidazole rings is 1. The first-order chi connectivity index (χ1) is 8.71. The van der Waals surface area contributed by atoms with Crippen LogP contribution in [0.15, 0.2) is 18.2 Å². The lowest BCUT2D eigenvalue weighted by Crippen LogP contribution is -2.21. The zero-order valence-corrected chi connectivity index (χ0v) is 12.0. The molecule has 1 aromatic carbocycles. The molecule has 6 nitrogen and oxygen atoms in total. The third kappa shape index (κ3) is 2.33. The van der Waals surface area contributed by atoms with Crippen LogP contribution in [0.1, 0.15) is 16.2 Å². The van der Waals surface area contributed by atoms with Crippen LogP contribution in [0.3, 0.4) is 0 Å². The van der Waals surface area contributed by atoms with Gasteiger partial charge >= 0.3 is 0 Å². The molecule has 0 aliphatic heterocycles. The number of hydrogen-bond acceptors (Lipinski definition) is 4. The van der Waals surface area contributed by atoms with Crippen molar-refractivity contribution in [1.29, 1.82) is 0 Å². The normalized spacial score (nSPS) is 11.8. The second-order valence-electron chi connectivity index (χ2n) is 4.59. The number of hydrogen-bond donors (Lipinski definition) is 0. The second-order valence-corrected chi connectivity index (χ2v) is 6.42. The number of nitrogens with zero attached hydrogens (tertiary/aromatic N) is 3. The van der Waals surface area contributed by atoms with E-state index in [0.29, 0.717) is 22.4 Å². The van der Waals surface area contributed by atoms with Crippen LogP contribution in [-0.2, 0) is 10.0 Å². The van der Waals surface area contributed by atoms with Crippen molar-refractivity contribution in [2.45, 2.75) is 6.92 Å². The smallest absolute Gasteiger partial charge is 0.253 e. The first-order valence-electron chi connectivity index (χ1n) is 5.63. The topological polar surface area (TPSA) is 72.3 Å². The van der Waals surface area contributed by atoms with Crippen LogP contribution in [0, 0.1) is 6.92 Å². The van der Waals surface area contributed by atoms with Gasteiger partial charge in [0.2, 0.25) is 10.0 Å². The van der Waals surface area contributed by atoms with E-state index in [1.807, 2.05) is 0 Å². The Morgan fingerprint density at radius 3 is 2.47 bits per heavy atom. The molecule has 2 aromatic rings. The van der Waals surface area contributed by atoms with Crippen LogP contribution in [-0.4, -0.2) is 48.5 Å². The van der Waals surface area contributed by atoms with Crippen molar-refractivity contribution in [3.8, 4) is 0 Å². The average molecular weight is 281 g/mol. The number of carbonyl (C=O) groups excluding carboxylic acids is 1. The molecule has 102 valence electrons. The largest absolute Gasteiger partial charge is 0.345 e. The SMILES string of the molecule is Cc1nc2ccc(C(=O)N(C)C)cc2n1S(C)(=O)=O. The molecule has 1 amide bonds. The summed E-state index contributed by atoms with van der Waals surface area (Å²) in [5, 5.41) is 0. The Balaban J connectivity index is 2.75. The van der Waals surface area contributed by atoms with Crippen molar-refractivity contribution >= 4 is 27.0 Å². The number of rotatable bonds is 2. The lowest BCUT2D eigenvalue weighted by atomic mass is 10.2. The first-order valence-corrected chi connectivity index (χ1v) is 7.48. The van der Waals surface area contributed by atoms with Gasteiger partial charge in [0.15, 0.2) is 0 Å². The van der Waals surface area contributed by atoms with Crippen molar-refractivity contribution < 1.29 is 13.2 Å². The third-order valence-corrected chi connectivity index (χ3v) is 3.88. The van der Waals surface area contributed by atoms with Gasteiger partial charge in [-0.3, -0.25) is 4.79 Å². The van der Waals surface area contributed by atoms with Gasteiger partial charge in [-0.15, -0.1) is 0 Å². The van der Waals surface area contributed by atoms with Crippen LogP contribution >= 0.6 is 0 Å². The molecule has 2 rings (SSSR count). The minimum atomic E-state index is -3.45. The van der Waals surface area contributed by atoms with Crippen molar-refractivity contribution in [3.63, 3.8) is 0 Å². The molecule has 1 heterocycles. The molecule has 19 heavy (non-hydrogen) atoms. The average Bonchev–Trinajstić information content (AvgIpc) is 2.61. The van der Waals surface area contributed by atoms with Gasteiger partial charge in [-0.1, -0.05) is 0 Å². The van der Waals surface area contributed by atoms with Crippen molar-refractivity contribution in [2.24, 2.45) is 0 Å². The molecular weight excluding hydrogens is 266 g/mol. The third-order valence-electron chi connectivity index (χ3n) is 2.76. The zero-order valence-electron chi connectivity index (χ0n) is 11.2. The Labute approximate surface area is 111 Å². The Morgan fingerprint density at radius 1 is 1.32 bits per heavy atom. The quantitative estimate of drug-likeness (QED) is 0.818. The van der Waals surface area contributed by atoms with E-state index in [1.54, 1.807) is 39.2 Å². The van der Waals surface area contributed by atoms with Crippen LogP contribution in [0.25, 0.3) is 11.0 Å². The van der Waals surface area contributed by atoms with E-state index < -0.39 is 10.0 Å². The Hall–Kier alpha value is -1.89. The Morgan fingerprint density at radius 2 is 1.95 bits per heavy atom. The summed E-state index contributed by atoms with van der Waals surface area (Å²) < 4.78 is 24.7. The van der Waals surface area contributed by atoms with Gasteiger partial charge in [0, 0.05) is 19.7 Å². The maximum Gasteiger partial charge on any atom is 0.253 e. The molecule has 0 spiro atoms. The van der Waals surface area contributed by atoms with Gasteiger partial charge in [0.25, 0.3) is 5.91 Å². The summed E-state index contributed by atoms with van der Waals surface area (Å²) in [6.45, 7) is 1.62. The fourth-order valence-electron chi connectivity index (χ4n) is 1.98. The second kappa shape index (κ2) is 4.34. The molecular formula is C12H15N3O3S. The molecule has 0 fully saturated rings. The lowest BCUT2D eigenvalue weighted by molar-refractivity contribution is 0.0827. The summed E-state index contributed by atoms with van der Waals surface area (Å²) in [7, 11) is -0.161. The molecule has 0 aliphatic rings. The minimum absolute atomic E-state index is 0.180. The number of fused-ring (bicyclic) bond motifs is 1. The standard InChI is InChI=1S/C12H15N3O3S/c1-8-13-10-6-5-9(12(16)14(2)3)7-11(10)15(8)19(4,17)18/h5-7H,1-4H3. The van der Waals surface area contributed by atoms with E-state index in [2.05, 4.69) is 4.98 Å². The highest BCUT2D eigenvalue weighted by Crippen LogP contribution is 2.20. The number of aryl methyl sites for hydroxylation is 1. The van der Waals surface area contributed by atoms with E-state index in [0.717, 1.165) is 10.2 Å². The number of benzene rings is 1. The van der Waals surface area contributed by atoms with Crippen molar-refractivity contribution in [1.82, 2.24) is 13.9 Å². The van der Waals surface area contributed by atoms with E-state index in [-0.39, 0.29) is 5.91 Å². The summed E-state index contributed by atoms with van der Waals surface area (Å²) in [5.74, 6) is 0.202. The minimum Gasteiger partial charge on any atom is -0.345 e. The van der Waals surface area contributed by atoms with Crippen LogP contribution < -0.4 is 0 Å². The van der Waals surface area contributed by atoms with E-state index in [4.69, 9.17) is 0 Å². The molecule has 7 heteroatoms. The fraction of sp³-hybridized carbons (Fsp3) is 0.333. The molecule has 0 radical (unpaired) electrons. The van der Waals surface area contributed by atoms with Gasteiger partial charge in [-0.2, -0.15) is 0 Å². The van der Waals surface area contributed by atoms with E-state index in [1.165, 1.54) is 4.90 Å². The maximum absolute atomic E-state index is 11.9. The molecule has 0 unspecified atom stereocenters. The van der Waals surface area contributed by atoms with Crippen molar-refractivity contribution in [2.75, 3.05) is 20.4 Å².